The van der Waals surface area contributed by atoms with Crippen LogP contribution in [0.15, 0.2) is 47.4 Å². The molecule has 1 aromatic carbocycles. The molecule has 2 heterocycles. The molecular formula is C17H18N4O2. The third-order valence-electron chi connectivity index (χ3n) is 3.79. The van der Waals surface area contributed by atoms with Gasteiger partial charge in [0, 0.05) is 11.9 Å². The van der Waals surface area contributed by atoms with E-state index in [2.05, 4.69) is 10.4 Å². The predicted molar refractivity (Wildman–Crippen MR) is 88.6 cm³/mol. The van der Waals surface area contributed by atoms with E-state index in [9.17, 15) is 9.59 Å². The highest BCUT2D eigenvalue weighted by Crippen LogP contribution is 2.20. The van der Waals surface area contributed by atoms with Crippen LogP contribution in [0.3, 0.4) is 0 Å². The van der Waals surface area contributed by atoms with Crippen molar-refractivity contribution in [2.75, 3.05) is 5.32 Å². The van der Waals surface area contributed by atoms with Crippen molar-refractivity contribution >= 4 is 17.2 Å². The molecule has 3 aromatic rings. The fraction of sp³-hybridized carbons (Fsp3) is 0.235. The molecule has 6 nitrogen and oxygen atoms in total. The number of para-hydroxylation sites is 1. The molecule has 0 aliphatic carbocycles. The van der Waals surface area contributed by atoms with E-state index in [1.54, 1.807) is 24.4 Å². The number of hydrogen-bond acceptors (Lipinski definition) is 3. The van der Waals surface area contributed by atoms with Gasteiger partial charge in [-0.25, -0.2) is 9.48 Å². The lowest BCUT2D eigenvalue weighted by Gasteiger charge is -2.12. The number of carbonyl (C=O) groups excluding carboxylic acids is 1. The molecule has 0 unspecified atom stereocenters. The van der Waals surface area contributed by atoms with Crippen molar-refractivity contribution in [2.45, 2.75) is 26.8 Å². The molecule has 0 spiro atoms. The van der Waals surface area contributed by atoms with E-state index in [1.807, 2.05) is 32.0 Å². The number of nitrogens with one attached hydrogen (secondary N) is 1. The minimum atomic E-state index is -0.323. The summed E-state index contributed by atoms with van der Waals surface area (Å²) in [6.45, 7) is 3.88. The first-order valence-electron chi connectivity index (χ1n) is 7.52. The van der Waals surface area contributed by atoms with Crippen LogP contribution < -0.4 is 11.0 Å². The monoisotopic (exact) mass is 310 g/mol. The van der Waals surface area contributed by atoms with Crippen molar-refractivity contribution in [3.05, 3.63) is 64.2 Å². The van der Waals surface area contributed by atoms with Crippen molar-refractivity contribution < 1.29 is 4.79 Å². The van der Waals surface area contributed by atoms with Gasteiger partial charge in [0.15, 0.2) is 5.65 Å². The molecule has 2 aromatic heterocycles. The van der Waals surface area contributed by atoms with Gasteiger partial charge in [-0.2, -0.15) is 0 Å². The zero-order valence-corrected chi connectivity index (χ0v) is 13.1. The van der Waals surface area contributed by atoms with Crippen molar-refractivity contribution in [1.29, 1.82) is 0 Å². The van der Waals surface area contributed by atoms with Crippen LogP contribution in [0.2, 0.25) is 0 Å². The molecule has 6 heteroatoms. The molecule has 0 aliphatic rings. The predicted octanol–water partition coefficient (Wildman–Crippen LogP) is 2.01. The second-order valence-corrected chi connectivity index (χ2v) is 5.38. The summed E-state index contributed by atoms with van der Waals surface area (Å²) in [4.78, 5) is 24.5. The number of hydrogen-bond donors (Lipinski definition) is 1. The maximum absolute atomic E-state index is 12.3. The third kappa shape index (κ3) is 2.88. The molecule has 118 valence electrons. The molecule has 0 bridgehead atoms. The molecule has 3 rings (SSSR count). The Morgan fingerprint density at radius 3 is 2.78 bits per heavy atom. The maximum Gasteiger partial charge on any atom is 0.350 e. The second-order valence-electron chi connectivity index (χ2n) is 5.38. The first-order valence-corrected chi connectivity index (χ1v) is 7.52. The summed E-state index contributed by atoms with van der Waals surface area (Å²) in [5, 5.41) is 7.07. The quantitative estimate of drug-likeness (QED) is 0.801. The normalized spacial score (nSPS) is 10.9. The Kier molecular flexibility index (Phi) is 3.97. The number of nitrogens with zero attached hydrogens (tertiary/aromatic N) is 3. The van der Waals surface area contributed by atoms with Gasteiger partial charge < -0.3 is 5.32 Å². The second kappa shape index (κ2) is 6.08. The van der Waals surface area contributed by atoms with E-state index in [4.69, 9.17) is 0 Å². The highest BCUT2D eigenvalue weighted by Gasteiger charge is 2.12. The highest BCUT2D eigenvalue weighted by atomic mass is 16.2. The Labute approximate surface area is 133 Å². The molecule has 0 saturated carbocycles. The van der Waals surface area contributed by atoms with E-state index >= 15 is 0 Å². The van der Waals surface area contributed by atoms with Crippen LogP contribution in [0.25, 0.3) is 5.65 Å². The Hall–Kier alpha value is -2.89. The lowest BCUT2D eigenvalue weighted by atomic mass is 10.1. The topological polar surface area (TPSA) is 68.4 Å². The Morgan fingerprint density at radius 2 is 2.04 bits per heavy atom. The van der Waals surface area contributed by atoms with E-state index in [0.717, 1.165) is 23.2 Å². The molecule has 0 aliphatic heterocycles. The van der Waals surface area contributed by atoms with E-state index < -0.39 is 0 Å². The summed E-state index contributed by atoms with van der Waals surface area (Å²) >= 11 is 0. The minimum absolute atomic E-state index is 0.113. The lowest BCUT2D eigenvalue weighted by molar-refractivity contribution is -0.117. The van der Waals surface area contributed by atoms with Crippen LogP contribution in [-0.2, 0) is 17.8 Å². The molecule has 0 radical (unpaired) electrons. The highest BCUT2D eigenvalue weighted by molar-refractivity contribution is 5.92. The Bertz CT molecular complexity index is 924. The number of amides is 1. The van der Waals surface area contributed by atoms with Gasteiger partial charge in [0.1, 0.15) is 6.54 Å². The smallest absolute Gasteiger partial charge is 0.324 e. The summed E-state index contributed by atoms with van der Waals surface area (Å²) in [7, 11) is 0. The largest absolute Gasteiger partial charge is 0.350 e. The van der Waals surface area contributed by atoms with Gasteiger partial charge in [-0.3, -0.25) is 9.20 Å². The van der Waals surface area contributed by atoms with Crippen LogP contribution in [-0.4, -0.2) is 20.1 Å². The number of anilines is 1. The molecule has 0 fully saturated rings. The number of aromatic nitrogens is 3. The summed E-state index contributed by atoms with van der Waals surface area (Å²) < 4.78 is 2.59. The minimum Gasteiger partial charge on any atom is -0.324 e. The molecule has 23 heavy (non-hydrogen) atoms. The number of carbonyl (C=O) groups is 1. The molecule has 1 amide bonds. The summed E-state index contributed by atoms with van der Waals surface area (Å²) in [6, 6.07) is 11.2. The number of aryl methyl sites for hydroxylation is 2. The summed E-state index contributed by atoms with van der Waals surface area (Å²) in [6.07, 6.45) is 2.46. The molecular weight excluding hydrogens is 292 g/mol. The summed E-state index contributed by atoms with van der Waals surface area (Å²) in [5.41, 5.74) is 3.09. The lowest BCUT2D eigenvalue weighted by Crippen LogP contribution is -2.28. The van der Waals surface area contributed by atoms with Crippen LogP contribution in [0, 0.1) is 6.92 Å². The van der Waals surface area contributed by atoms with Crippen LogP contribution in [0.1, 0.15) is 18.1 Å². The first-order chi connectivity index (χ1) is 11.1. The van der Waals surface area contributed by atoms with E-state index in [1.165, 1.54) is 9.08 Å². The molecule has 0 saturated heterocycles. The van der Waals surface area contributed by atoms with Gasteiger partial charge in [0.2, 0.25) is 5.91 Å². The third-order valence-corrected chi connectivity index (χ3v) is 3.79. The van der Waals surface area contributed by atoms with Gasteiger partial charge in [-0.1, -0.05) is 31.2 Å². The molecule has 1 N–H and O–H groups in total. The van der Waals surface area contributed by atoms with Crippen molar-refractivity contribution in [2.24, 2.45) is 0 Å². The van der Waals surface area contributed by atoms with Gasteiger partial charge in [0.25, 0.3) is 0 Å². The van der Waals surface area contributed by atoms with Crippen LogP contribution >= 0.6 is 0 Å². The number of pyridine rings is 1. The Balaban J connectivity index is 1.85. The van der Waals surface area contributed by atoms with Gasteiger partial charge >= 0.3 is 5.69 Å². The average Bonchev–Trinajstić information content (AvgIpc) is 2.86. The zero-order chi connectivity index (χ0) is 16.4. The standard InChI is InChI=1S/C17H18N4O2/c1-3-13-8-6-7-12(2)16(13)18-15(22)11-21-17(23)20-10-5-4-9-14(20)19-21/h4-10H,3,11H2,1-2H3,(H,18,22). The average molecular weight is 310 g/mol. The van der Waals surface area contributed by atoms with Gasteiger partial charge in [-0.05, 0) is 36.6 Å². The van der Waals surface area contributed by atoms with Crippen molar-refractivity contribution in [3.8, 4) is 0 Å². The summed E-state index contributed by atoms with van der Waals surface area (Å²) in [5.74, 6) is -0.264. The Morgan fingerprint density at radius 1 is 1.22 bits per heavy atom. The fourth-order valence-corrected chi connectivity index (χ4v) is 2.59. The fourth-order valence-electron chi connectivity index (χ4n) is 2.59. The number of rotatable bonds is 4. The van der Waals surface area contributed by atoms with Gasteiger partial charge in [-0.15, -0.1) is 5.10 Å². The zero-order valence-electron chi connectivity index (χ0n) is 13.1. The van der Waals surface area contributed by atoms with E-state index in [0.29, 0.717) is 5.65 Å². The van der Waals surface area contributed by atoms with E-state index in [-0.39, 0.29) is 18.1 Å². The van der Waals surface area contributed by atoms with Crippen molar-refractivity contribution in [1.82, 2.24) is 14.2 Å². The maximum atomic E-state index is 12.3. The SMILES string of the molecule is CCc1cccc(C)c1NC(=O)Cn1nc2ccccn2c1=O. The first kappa shape index (κ1) is 15.0. The van der Waals surface area contributed by atoms with Crippen LogP contribution in [0.4, 0.5) is 5.69 Å². The van der Waals surface area contributed by atoms with Crippen molar-refractivity contribution in [3.63, 3.8) is 0 Å². The van der Waals surface area contributed by atoms with Gasteiger partial charge in [0.05, 0.1) is 0 Å². The molecule has 0 atom stereocenters. The number of benzene rings is 1. The number of fused-ring (bicyclic) bond motifs is 1. The van der Waals surface area contributed by atoms with Crippen LogP contribution in [0.5, 0.6) is 0 Å².